The summed E-state index contributed by atoms with van der Waals surface area (Å²) in [6, 6.07) is 0. The van der Waals surface area contributed by atoms with Crippen molar-refractivity contribution in [3.63, 3.8) is 0 Å². The number of carbonyl (C=O) groups excluding carboxylic acids is 1. The van der Waals surface area contributed by atoms with Crippen LogP contribution in [0.4, 0.5) is 0 Å². The molecule has 0 atom stereocenters. The number of hydrogen-bond acceptors (Lipinski definition) is 3. The van der Waals surface area contributed by atoms with Crippen LogP contribution in [0.3, 0.4) is 0 Å². The van der Waals surface area contributed by atoms with Gasteiger partial charge in [-0.2, -0.15) is 0 Å². The van der Waals surface area contributed by atoms with Crippen LogP contribution in [0.25, 0.3) is 0 Å². The van der Waals surface area contributed by atoms with Crippen molar-refractivity contribution in [2.75, 3.05) is 6.61 Å². The molecule has 0 saturated heterocycles. The number of carboxylic acids is 1. The van der Waals surface area contributed by atoms with Gasteiger partial charge in [0.25, 0.3) is 0 Å². The van der Waals surface area contributed by atoms with Gasteiger partial charge >= 0.3 is 5.97 Å². The van der Waals surface area contributed by atoms with Crippen molar-refractivity contribution in [1.82, 2.24) is 0 Å². The Morgan fingerprint density at radius 2 is 1.20 bits per heavy atom. The highest BCUT2D eigenvalue weighted by Crippen LogP contribution is 2.27. The van der Waals surface area contributed by atoms with Gasteiger partial charge in [0.1, 0.15) is 12.2 Å². The third kappa shape index (κ3) is 12.0. The normalized spacial score (nSPS) is 11.6. The second-order valence-corrected chi connectivity index (χ2v) is 7.08. The predicted molar refractivity (Wildman–Crippen MR) is 101 cm³/mol. The summed E-state index contributed by atoms with van der Waals surface area (Å²) in [7, 11) is 0. The quantitative estimate of drug-likeness (QED) is 0.344. The number of carboxylic acid groups (broad SMARTS) is 1. The molecule has 0 rings (SSSR count). The maximum atomic E-state index is 12.1. The monoisotopic (exact) mass is 357 g/mol. The first-order valence-corrected chi connectivity index (χ1v) is 10.1. The molecule has 0 aliphatic heterocycles. The Labute approximate surface area is 153 Å². The minimum Gasteiger partial charge on any atom is -0.480 e. The lowest BCUT2D eigenvalue weighted by atomic mass is 9.88. The molecule has 0 radical (unpaired) electrons. The number of unbranched alkanes of at least 4 members (excludes halogenated alkanes) is 10. The molecule has 0 fully saturated rings. The maximum absolute atomic E-state index is 12.1. The van der Waals surface area contributed by atoms with Crippen molar-refractivity contribution in [2.45, 2.75) is 109 Å². The molecule has 3 N–H and O–H groups in total. The Morgan fingerprint density at radius 1 is 0.800 bits per heavy atom. The van der Waals surface area contributed by atoms with E-state index in [0.717, 1.165) is 38.5 Å². The third-order valence-electron chi connectivity index (χ3n) is 4.79. The summed E-state index contributed by atoms with van der Waals surface area (Å²) in [5.41, 5.74) is 4.51. The fourth-order valence-corrected chi connectivity index (χ4v) is 3.17. The molecule has 25 heavy (non-hydrogen) atoms. The number of carbonyl (C=O) groups is 2. The average molecular weight is 358 g/mol. The zero-order chi connectivity index (χ0) is 19.0. The number of primary amides is 1. The molecule has 0 saturated carbocycles. The Balaban J connectivity index is 4.48. The zero-order valence-electron chi connectivity index (χ0n) is 16.4. The number of nitrogens with two attached hydrogens (primary N) is 1. The number of amides is 1. The Bertz CT molecular complexity index is 342. The molecule has 148 valence electrons. The van der Waals surface area contributed by atoms with Gasteiger partial charge in [-0.1, -0.05) is 90.9 Å². The molecule has 0 unspecified atom stereocenters. The molecule has 0 aliphatic rings. The number of hydrogen-bond donors (Lipinski definition) is 2. The molecule has 0 aromatic carbocycles. The number of aliphatic carboxylic acids is 1. The summed E-state index contributed by atoms with van der Waals surface area (Å²) in [6.45, 7) is 3.89. The molecule has 0 spiro atoms. The van der Waals surface area contributed by atoms with Crippen molar-refractivity contribution in [3.8, 4) is 0 Å². The van der Waals surface area contributed by atoms with Crippen molar-refractivity contribution < 1.29 is 19.4 Å². The molecule has 5 nitrogen and oxygen atoms in total. The van der Waals surface area contributed by atoms with E-state index >= 15 is 0 Å². The molecular formula is C20H39NO4. The highest BCUT2D eigenvalue weighted by Gasteiger charge is 2.37. The summed E-state index contributed by atoms with van der Waals surface area (Å²) in [5.74, 6) is -1.58. The van der Waals surface area contributed by atoms with Gasteiger partial charge in [-0.25, -0.2) is 4.79 Å². The van der Waals surface area contributed by atoms with Crippen LogP contribution in [0.5, 0.6) is 0 Å². The fraction of sp³-hybridized carbons (Fsp3) is 0.900. The minimum atomic E-state index is -1.12. The molecule has 0 aromatic rings. The standard InChI is InChI=1S/C20H39NO4/c1-3-5-7-9-11-13-15-20(19(21)24,25-17-18(22)23)16-14-12-10-8-6-4-2/h3-17H2,1-2H3,(H2,21,24)(H,22,23). The van der Waals surface area contributed by atoms with E-state index in [9.17, 15) is 9.59 Å². The number of ether oxygens (including phenoxy) is 1. The zero-order valence-corrected chi connectivity index (χ0v) is 16.4. The van der Waals surface area contributed by atoms with E-state index in [1.165, 1.54) is 38.5 Å². The van der Waals surface area contributed by atoms with Crippen LogP contribution in [0.2, 0.25) is 0 Å². The molecule has 0 aliphatic carbocycles. The molecular weight excluding hydrogens is 318 g/mol. The highest BCUT2D eigenvalue weighted by molar-refractivity contribution is 5.83. The van der Waals surface area contributed by atoms with Crippen molar-refractivity contribution in [3.05, 3.63) is 0 Å². The first-order chi connectivity index (χ1) is 12.0. The van der Waals surface area contributed by atoms with Gasteiger partial charge in [0.2, 0.25) is 5.91 Å². The fourth-order valence-electron chi connectivity index (χ4n) is 3.17. The van der Waals surface area contributed by atoms with Crippen LogP contribution in [-0.2, 0) is 14.3 Å². The highest BCUT2D eigenvalue weighted by atomic mass is 16.5. The lowest BCUT2D eigenvalue weighted by molar-refractivity contribution is -0.159. The summed E-state index contributed by atoms with van der Waals surface area (Å²) in [5, 5.41) is 8.92. The van der Waals surface area contributed by atoms with E-state index in [1.54, 1.807) is 0 Å². The summed E-state index contributed by atoms with van der Waals surface area (Å²) in [6.07, 6.45) is 14.3. The maximum Gasteiger partial charge on any atom is 0.329 e. The van der Waals surface area contributed by atoms with Crippen molar-refractivity contribution in [2.24, 2.45) is 5.73 Å². The van der Waals surface area contributed by atoms with Crippen LogP contribution in [0, 0.1) is 0 Å². The van der Waals surface area contributed by atoms with Gasteiger partial charge in [0.05, 0.1) is 0 Å². The van der Waals surface area contributed by atoms with E-state index < -0.39 is 24.1 Å². The Morgan fingerprint density at radius 3 is 1.56 bits per heavy atom. The second-order valence-electron chi connectivity index (χ2n) is 7.08. The predicted octanol–water partition coefficient (Wildman–Crippen LogP) is 4.81. The van der Waals surface area contributed by atoms with Gasteiger partial charge in [0, 0.05) is 0 Å². The van der Waals surface area contributed by atoms with Crippen LogP contribution >= 0.6 is 0 Å². The van der Waals surface area contributed by atoms with Crippen molar-refractivity contribution in [1.29, 1.82) is 0 Å². The van der Waals surface area contributed by atoms with Crippen LogP contribution in [-0.4, -0.2) is 29.2 Å². The molecule has 1 amide bonds. The average Bonchev–Trinajstić information content (AvgIpc) is 2.57. The van der Waals surface area contributed by atoms with E-state index in [2.05, 4.69) is 13.8 Å². The summed E-state index contributed by atoms with van der Waals surface area (Å²) >= 11 is 0. The van der Waals surface area contributed by atoms with E-state index in [-0.39, 0.29) is 0 Å². The number of rotatable bonds is 18. The van der Waals surface area contributed by atoms with Gasteiger partial charge in [-0.15, -0.1) is 0 Å². The van der Waals surface area contributed by atoms with Gasteiger partial charge in [0.15, 0.2) is 0 Å². The first-order valence-electron chi connectivity index (χ1n) is 10.1. The molecule has 0 heterocycles. The second kappa shape index (κ2) is 15.2. The largest absolute Gasteiger partial charge is 0.480 e. The van der Waals surface area contributed by atoms with Gasteiger partial charge in [-0.3, -0.25) is 4.79 Å². The van der Waals surface area contributed by atoms with Crippen molar-refractivity contribution >= 4 is 11.9 Å². The third-order valence-corrected chi connectivity index (χ3v) is 4.79. The van der Waals surface area contributed by atoms with Crippen LogP contribution in [0.1, 0.15) is 104 Å². The van der Waals surface area contributed by atoms with Crippen LogP contribution in [0.15, 0.2) is 0 Å². The Kier molecular flexibility index (Phi) is 14.5. The molecule has 5 heteroatoms. The van der Waals surface area contributed by atoms with E-state index in [4.69, 9.17) is 15.6 Å². The summed E-state index contributed by atoms with van der Waals surface area (Å²) in [4.78, 5) is 23.0. The molecule has 0 bridgehead atoms. The van der Waals surface area contributed by atoms with Gasteiger partial charge in [-0.05, 0) is 12.8 Å². The van der Waals surface area contributed by atoms with E-state index in [0.29, 0.717) is 12.8 Å². The molecule has 0 aromatic heterocycles. The lowest BCUT2D eigenvalue weighted by Gasteiger charge is -2.30. The SMILES string of the molecule is CCCCCCCCC(CCCCCCCC)(OCC(=O)O)C(N)=O. The smallest absolute Gasteiger partial charge is 0.329 e. The first kappa shape index (κ1) is 23.9. The Hall–Kier alpha value is -1.10. The van der Waals surface area contributed by atoms with Crippen LogP contribution < -0.4 is 5.73 Å². The van der Waals surface area contributed by atoms with E-state index in [1.807, 2.05) is 0 Å². The summed E-state index contributed by atoms with van der Waals surface area (Å²) < 4.78 is 5.53. The van der Waals surface area contributed by atoms with Gasteiger partial charge < -0.3 is 15.6 Å². The lowest BCUT2D eigenvalue weighted by Crippen LogP contribution is -2.47. The topological polar surface area (TPSA) is 89.6 Å². The minimum absolute atomic E-state index is 0.464.